The molecule has 21 heavy (non-hydrogen) atoms. The topological polar surface area (TPSA) is 24.9 Å². The average molecular weight is 276 g/mol. The summed E-state index contributed by atoms with van der Waals surface area (Å²) < 4.78 is 0. The van der Waals surface area contributed by atoms with E-state index in [0.717, 1.165) is 0 Å². The average Bonchev–Trinajstić information content (AvgIpc) is 2.55. The van der Waals surface area contributed by atoms with Crippen LogP contribution in [0.5, 0.6) is 0 Å². The molecule has 0 saturated carbocycles. The second kappa shape index (κ2) is 6.06. The molecule has 0 amide bonds. The fourth-order valence-electron chi connectivity index (χ4n) is 2.84. The van der Waals surface area contributed by atoms with Crippen LogP contribution < -0.4 is 5.32 Å². The first-order chi connectivity index (χ1) is 10.3. The predicted molar refractivity (Wildman–Crippen MR) is 88.2 cm³/mol. The lowest BCUT2D eigenvalue weighted by atomic mass is 9.98. The maximum Gasteiger partial charge on any atom is 0.0303 e. The number of hydrogen-bond acceptors (Lipinski definition) is 2. The van der Waals surface area contributed by atoms with Crippen molar-refractivity contribution in [3.05, 3.63) is 78.1 Å². The van der Waals surface area contributed by atoms with Gasteiger partial charge in [-0.05, 0) is 47.9 Å². The van der Waals surface area contributed by atoms with Crippen LogP contribution in [0, 0.1) is 0 Å². The van der Waals surface area contributed by atoms with Crippen molar-refractivity contribution in [1.82, 2.24) is 10.3 Å². The van der Waals surface area contributed by atoms with Crippen LogP contribution in [0.15, 0.2) is 67.0 Å². The monoisotopic (exact) mass is 276 g/mol. The van der Waals surface area contributed by atoms with Crippen LogP contribution in [0.2, 0.25) is 0 Å². The van der Waals surface area contributed by atoms with E-state index in [9.17, 15) is 0 Å². The van der Waals surface area contributed by atoms with Gasteiger partial charge in [0, 0.05) is 24.5 Å². The Labute approximate surface area is 125 Å². The van der Waals surface area contributed by atoms with E-state index in [1.165, 1.54) is 21.9 Å². The molecule has 0 saturated heterocycles. The van der Waals surface area contributed by atoms with Gasteiger partial charge in [-0.1, -0.05) is 42.5 Å². The van der Waals surface area contributed by atoms with Crippen molar-refractivity contribution in [3.8, 4) is 0 Å². The standard InChI is InChI=1S/C19H20N2/c1-14(16-10-12-20-13-11-16)21-15(2)18-9-5-7-17-6-3-4-8-19(17)18/h3-15,21H,1-2H3/t14-,15-/m0/s1. The van der Waals surface area contributed by atoms with Gasteiger partial charge >= 0.3 is 0 Å². The Morgan fingerprint density at radius 3 is 2.33 bits per heavy atom. The number of nitrogens with zero attached hydrogens (tertiary/aromatic N) is 1. The Kier molecular flexibility index (Phi) is 3.98. The molecule has 0 aliphatic rings. The van der Waals surface area contributed by atoms with Gasteiger partial charge in [0.1, 0.15) is 0 Å². The van der Waals surface area contributed by atoms with Crippen molar-refractivity contribution in [2.45, 2.75) is 25.9 Å². The van der Waals surface area contributed by atoms with Crippen LogP contribution in [0.3, 0.4) is 0 Å². The van der Waals surface area contributed by atoms with E-state index in [1.807, 2.05) is 12.4 Å². The summed E-state index contributed by atoms with van der Waals surface area (Å²) in [4.78, 5) is 4.08. The lowest BCUT2D eigenvalue weighted by molar-refractivity contribution is 0.496. The molecule has 1 heterocycles. The highest BCUT2D eigenvalue weighted by molar-refractivity contribution is 5.86. The number of fused-ring (bicyclic) bond motifs is 1. The van der Waals surface area contributed by atoms with Gasteiger partial charge in [-0.25, -0.2) is 0 Å². The molecule has 0 fully saturated rings. The Morgan fingerprint density at radius 2 is 1.52 bits per heavy atom. The largest absolute Gasteiger partial charge is 0.304 e. The van der Waals surface area contributed by atoms with Crippen molar-refractivity contribution in [3.63, 3.8) is 0 Å². The quantitative estimate of drug-likeness (QED) is 0.750. The van der Waals surface area contributed by atoms with Crippen LogP contribution in [0.4, 0.5) is 0 Å². The van der Waals surface area contributed by atoms with E-state index >= 15 is 0 Å². The zero-order valence-corrected chi connectivity index (χ0v) is 12.5. The summed E-state index contributed by atoms with van der Waals surface area (Å²) in [7, 11) is 0. The third-order valence-corrected chi connectivity index (χ3v) is 4.00. The zero-order valence-electron chi connectivity index (χ0n) is 12.5. The van der Waals surface area contributed by atoms with Crippen LogP contribution in [0.25, 0.3) is 10.8 Å². The van der Waals surface area contributed by atoms with E-state index in [-0.39, 0.29) is 0 Å². The summed E-state index contributed by atoms with van der Waals surface area (Å²) in [6.45, 7) is 4.41. The SMILES string of the molecule is C[C@H](N[C@@H](C)c1cccc2ccccc12)c1ccncc1. The molecule has 0 spiro atoms. The number of hydrogen-bond donors (Lipinski definition) is 1. The maximum absolute atomic E-state index is 4.08. The maximum atomic E-state index is 4.08. The molecule has 3 rings (SSSR count). The van der Waals surface area contributed by atoms with Crippen molar-refractivity contribution < 1.29 is 0 Å². The lowest BCUT2D eigenvalue weighted by Gasteiger charge is -2.22. The van der Waals surface area contributed by atoms with E-state index in [0.29, 0.717) is 12.1 Å². The van der Waals surface area contributed by atoms with Gasteiger partial charge in [-0.3, -0.25) is 4.98 Å². The van der Waals surface area contributed by atoms with E-state index in [4.69, 9.17) is 0 Å². The first kappa shape index (κ1) is 13.8. The number of nitrogens with one attached hydrogen (secondary N) is 1. The molecule has 2 heteroatoms. The van der Waals surface area contributed by atoms with Gasteiger partial charge in [0.25, 0.3) is 0 Å². The molecule has 106 valence electrons. The Bertz CT molecular complexity index is 716. The minimum atomic E-state index is 0.291. The molecule has 0 radical (unpaired) electrons. The molecule has 2 nitrogen and oxygen atoms in total. The molecule has 1 aromatic heterocycles. The minimum absolute atomic E-state index is 0.291. The molecule has 2 atom stereocenters. The van der Waals surface area contributed by atoms with Gasteiger partial charge in [-0.15, -0.1) is 0 Å². The molecular formula is C19H20N2. The first-order valence-electron chi connectivity index (χ1n) is 7.39. The molecule has 0 aliphatic heterocycles. The van der Waals surface area contributed by atoms with Gasteiger partial charge in [0.05, 0.1) is 0 Å². The van der Waals surface area contributed by atoms with Crippen LogP contribution in [-0.2, 0) is 0 Å². The van der Waals surface area contributed by atoms with Crippen molar-refractivity contribution >= 4 is 10.8 Å². The van der Waals surface area contributed by atoms with E-state index in [1.54, 1.807) is 0 Å². The van der Waals surface area contributed by atoms with Crippen LogP contribution in [0.1, 0.15) is 37.1 Å². The fourth-order valence-corrected chi connectivity index (χ4v) is 2.84. The predicted octanol–water partition coefficient (Wildman–Crippen LogP) is 4.65. The fraction of sp³-hybridized carbons (Fsp3) is 0.211. The molecule has 0 aliphatic carbocycles. The summed E-state index contributed by atoms with van der Waals surface area (Å²) in [6, 6.07) is 19.8. The zero-order chi connectivity index (χ0) is 14.7. The summed E-state index contributed by atoms with van der Waals surface area (Å²) in [6.07, 6.45) is 3.69. The third kappa shape index (κ3) is 2.96. The van der Waals surface area contributed by atoms with Crippen LogP contribution in [-0.4, -0.2) is 4.98 Å². The summed E-state index contributed by atoms with van der Waals surface area (Å²) in [5.41, 5.74) is 2.60. The molecule has 1 N–H and O–H groups in total. The Hall–Kier alpha value is -2.19. The first-order valence-corrected chi connectivity index (χ1v) is 7.39. The lowest BCUT2D eigenvalue weighted by Crippen LogP contribution is -2.22. The molecule has 3 aromatic rings. The summed E-state index contributed by atoms with van der Waals surface area (Å²) >= 11 is 0. The van der Waals surface area contributed by atoms with Gasteiger partial charge in [0.15, 0.2) is 0 Å². The van der Waals surface area contributed by atoms with Crippen molar-refractivity contribution in [2.24, 2.45) is 0 Å². The molecule has 0 bridgehead atoms. The number of aromatic nitrogens is 1. The van der Waals surface area contributed by atoms with Crippen molar-refractivity contribution in [1.29, 1.82) is 0 Å². The van der Waals surface area contributed by atoms with Crippen LogP contribution >= 0.6 is 0 Å². The second-order valence-corrected chi connectivity index (χ2v) is 5.46. The number of pyridine rings is 1. The minimum Gasteiger partial charge on any atom is -0.304 e. The normalized spacial score (nSPS) is 14.0. The molecule has 0 unspecified atom stereocenters. The molecular weight excluding hydrogens is 256 g/mol. The highest BCUT2D eigenvalue weighted by Crippen LogP contribution is 2.26. The Morgan fingerprint density at radius 1 is 0.810 bits per heavy atom. The highest BCUT2D eigenvalue weighted by atomic mass is 14.9. The Balaban J connectivity index is 1.86. The summed E-state index contributed by atoms with van der Waals surface area (Å²) in [5.74, 6) is 0. The van der Waals surface area contributed by atoms with Crippen molar-refractivity contribution in [2.75, 3.05) is 0 Å². The highest BCUT2D eigenvalue weighted by Gasteiger charge is 2.13. The van der Waals surface area contributed by atoms with E-state index < -0.39 is 0 Å². The summed E-state index contributed by atoms with van der Waals surface area (Å²) in [5, 5.41) is 6.29. The second-order valence-electron chi connectivity index (χ2n) is 5.46. The molecule has 2 aromatic carbocycles. The van der Waals surface area contributed by atoms with Gasteiger partial charge in [-0.2, -0.15) is 0 Å². The third-order valence-electron chi connectivity index (χ3n) is 4.00. The van der Waals surface area contributed by atoms with Gasteiger partial charge in [0.2, 0.25) is 0 Å². The van der Waals surface area contributed by atoms with E-state index in [2.05, 4.69) is 78.7 Å². The number of rotatable bonds is 4. The smallest absolute Gasteiger partial charge is 0.0303 e. The number of benzene rings is 2. The van der Waals surface area contributed by atoms with Gasteiger partial charge < -0.3 is 5.32 Å².